The van der Waals surface area contributed by atoms with Crippen LogP contribution in [0.1, 0.15) is 32.1 Å². The third-order valence-electron chi connectivity index (χ3n) is 3.12. The largest absolute Gasteiger partial charge is 0.387 e. The predicted molar refractivity (Wildman–Crippen MR) is 71.7 cm³/mol. The van der Waals surface area contributed by atoms with Crippen molar-refractivity contribution in [2.75, 3.05) is 37.6 Å². The molecule has 1 saturated heterocycles. The number of aromatic nitrogens is 1. The van der Waals surface area contributed by atoms with Gasteiger partial charge in [-0.1, -0.05) is 6.92 Å². The van der Waals surface area contributed by atoms with Crippen molar-refractivity contribution in [1.29, 1.82) is 0 Å². The average Bonchev–Trinajstić information content (AvgIpc) is 2.80. The Hall–Kier alpha value is -0.650. The molecular weight excluding hydrogens is 234 g/mol. The van der Waals surface area contributed by atoms with E-state index in [4.69, 9.17) is 0 Å². The van der Waals surface area contributed by atoms with E-state index in [9.17, 15) is 5.11 Å². The highest BCUT2D eigenvalue weighted by molar-refractivity contribution is 7.13. The maximum atomic E-state index is 9.46. The van der Waals surface area contributed by atoms with Crippen LogP contribution in [0.5, 0.6) is 0 Å². The van der Waals surface area contributed by atoms with Crippen molar-refractivity contribution < 1.29 is 5.11 Å². The molecule has 5 heteroatoms. The predicted octanol–water partition coefficient (Wildman–Crippen LogP) is 1.73. The van der Waals surface area contributed by atoms with E-state index < -0.39 is 6.10 Å². The zero-order chi connectivity index (χ0) is 12.3. The van der Waals surface area contributed by atoms with Gasteiger partial charge in [-0.25, -0.2) is 4.98 Å². The number of nitrogens with zero attached hydrogens (tertiary/aromatic N) is 3. The van der Waals surface area contributed by atoms with Gasteiger partial charge in [0.05, 0.1) is 11.8 Å². The Kier molecular flexibility index (Phi) is 4.36. The van der Waals surface area contributed by atoms with E-state index in [2.05, 4.69) is 21.7 Å². The highest BCUT2D eigenvalue weighted by atomic mass is 32.1. The first-order valence-electron chi connectivity index (χ1n) is 6.31. The normalized spacial score (nSPS) is 19.6. The standard InChI is InChI=1S/C12H21N3OS/c1-3-4-14-5-7-15(8-6-14)12-13-11(9-17-12)10(2)16/h9-10,16H,3-8H2,1-2H3. The number of hydrogen-bond acceptors (Lipinski definition) is 5. The van der Waals surface area contributed by atoms with Crippen molar-refractivity contribution in [3.63, 3.8) is 0 Å². The van der Waals surface area contributed by atoms with Gasteiger partial charge < -0.3 is 10.0 Å². The second-order valence-corrected chi connectivity index (χ2v) is 5.40. The molecule has 1 fully saturated rings. The molecule has 1 aliphatic heterocycles. The van der Waals surface area contributed by atoms with Gasteiger partial charge >= 0.3 is 0 Å². The van der Waals surface area contributed by atoms with Crippen molar-refractivity contribution in [2.45, 2.75) is 26.4 Å². The fourth-order valence-corrected chi connectivity index (χ4v) is 3.06. The lowest BCUT2D eigenvalue weighted by molar-refractivity contribution is 0.195. The van der Waals surface area contributed by atoms with Crippen LogP contribution in [0.2, 0.25) is 0 Å². The Labute approximate surface area is 107 Å². The van der Waals surface area contributed by atoms with Gasteiger partial charge in [0.2, 0.25) is 0 Å². The van der Waals surface area contributed by atoms with Crippen LogP contribution in [-0.2, 0) is 0 Å². The van der Waals surface area contributed by atoms with Crippen LogP contribution in [-0.4, -0.2) is 47.7 Å². The molecule has 0 bridgehead atoms. The van der Waals surface area contributed by atoms with Crippen LogP contribution in [0.25, 0.3) is 0 Å². The molecule has 1 aromatic heterocycles. The molecule has 0 saturated carbocycles. The first-order chi connectivity index (χ1) is 8.20. The third kappa shape index (κ3) is 3.18. The van der Waals surface area contributed by atoms with Crippen LogP contribution >= 0.6 is 11.3 Å². The molecule has 0 aliphatic carbocycles. The van der Waals surface area contributed by atoms with Gasteiger partial charge in [0.1, 0.15) is 0 Å². The van der Waals surface area contributed by atoms with E-state index >= 15 is 0 Å². The minimum Gasteiger partial charge on any atom is -0.387 e. The summed E-state index contributed by atoms with van der Waals surface area (Å²) in [6, 6.07) is 0. The summed E-state index contributed by atoms with van der Waals surface area (Å²) in [5, 5.41) is 12.5. The smallest absolute Gasteiger partial charge is 0.185 e. The second kappa shape index (κ2) is 5.80. The summed E-state index contributed by atoms with van der Waals surface area (Å²) in [5.74, 6) is 0. The first kappa shape index (κ1) is 12.8. The van der Waals surface area contributed by atoms with Gasteiger partial charge in [-0.05, 0) is 19.9 Å². The molecule has 17 heavy (non-hydrogen) atoms. The number of piperazine rings is 1. The lowest BCUT2D eigenvalue weighted by atomic mass is 10.3. The number of rotatable bonds is 4. The van der Waals surface area contributed by atoms with Gasteiger partial charge in [0.25, 0.3) is 0 Å². The van der Waals surface area contributed by atoms with Crippen molar-refractivity contribution in [1.82, 2.24) is 9.88 Å². The summed E-state index contributed by atoms with van der Waals surface area (Å²) in [7, 11) is 0. The Balaban J connectivity index is 1.91. The van der Waals surface area contributed by atoms with Crippen LogP contribution in [0, 0.1) is 0 Å². The van der Waals surface area contributed by atoms with Gasteiger partial charge in [-0.15, -0.1) is 11.3 Å². The average molecular weight is 255 g/mol. The Morgan fingerprint density at radius 3 is 2.65 bits per heavy atom. The summed E-state index contributed by atoms with van der Waals surface area (Å²) < 4.78 is 0. The van der Waals surface area contributed by atoms with E-state index in [1.807, 2.05) is 5.38 Å². The maximum Gasteiger partial charge on any atom is 0.185 e. The van der Waals surface area contributed by atoms with Crippen molar-refractivity contribution in [2.24, 2.45) is 0 Å². The summed E-state index contributed by atoms with van der Waals surface area (Å²) in [6.45, 7) is 9.53. The minimum atomic E-state index is -0.457. The summed E-state index contributed by atoms with van der Waals surface area (Å²) in [4.78, 5) is 9.30. The fourth-order valence-electron chi connectivity index (χ4n) is 2.09. The molecular formula is C12H21N3OS. The van der Waals surface area contributed by atoms with Crippen LogP contribution in [0.3, 0.4) is 0 Å². The van der Waals surface area contributed by atoms with E-state index in [0.717, 1.165) is 37.0 Å². The quantitative estimate of drug-likeness (QED) is 0.889. The zero-order valence-corrected chi connectivity index (χ0v) is 11.4. The molecule has 1 unspecified atom stereocenters. The number of hydrogen-bond donors (Lipinski definition) is 1. The molecule has 2 heterocycles. The van der Waals surface area contributed by atoms with Gasteiger partial charge in [-0.2, -0.15) is 0 Å². The fraction of sp³-hybridized carbons (Fsp3) is 0.750. The molecule has 1 aromatic rings. The summed E-state index contributed by atoms with van der Waals surface area (Å²) >= 11 is 1.64. The Morgan fingerprint density at radius 2 is 2.12 bits per heavy atom. The Bertz CT molecular complexity index is 345. The van der Waals surface area contributed by atoms with Gasteiger partial charge in [0.15, 0.2) is 5.13 Å². The number of aliphatic hydroxyl groups excluding tert-OH is 1. The summed E-state index contributed by atoms with van der Waals surface area (Å²) in [5.41, 5.74) is 0.793. The van der Waals surface area contributed by atoms with Crippen LogP contribution < -0.4 is 4.90 Å². The van der Waals surface area contributed by atoms with Crippen LogP contribution in [0.15, 0.2) is 5.38 Å². The molecule has 0 aromatic carbocycles. The molecule has 4 nitrogen and oxygen atoms in total. The van der Waals surface area contributed by atoms with E-state index in [-0.39, 0.29) is 0 Å². The second-order valence-electron chi connectivity index (χ2n) is 4.56. The maximum absolute atomic E-state index is 9.46. The number of aliphatic hydroxyl groups is 1. The topological polar surface area (TPSA) is 39.6 Å². The molecule has 96 valence electrons. The van der Waals surface area contributed by atoms with E-state index in [0.29, 0.717) is 0 Å². The van der Waals surface area contributed by atoms with Crippen molar-refractivity contribution in [3.8, 4) is 0 Å². The Morgan fingerprint density at radius 1 is 1.41 bits per heavy atom. The molecule has 1 aliphatic rings. The first-order valence-corrected chi connectivity index (χ1v) is 7.19. The molecule has 1 N–H and O–H groups in total. The van der Waals surface area contributed by atoms with Gasteiger partial charge in [-0.3, -0.25) is 4.90 Å². The zero-order valence-electron chi connectivity index (χ0n) is 10.6. The number of anilines is 1. The van der Waals surface area contributed by atoms with Crippen molar-refractivity contribution in [3.05, 3.63) is 11.1 Å². The van der Waals surface area contributed by atoms with E-state index in [1.165, 1.54) is 13.0 Å². The molecule has 0 spiro atoms. The lowest BCUT2D eigenvalue weighted by Crippen LogP contribution is -2.46. The van der Waals surface area contributed by atoms with Crippen LogP contribution in [0.4, 0.5) is 5.13 Å². The third-order valence-corrected chi connectivity index (χ3v) is 4.04. The molecule has 0 amide bonds. The molecule has 1 atom stereocenters. The molecule has 2 rings (SSSR count). The monoisotopic (exact) mass is 255 g/mol. The minimum absolute atomic E-state index is 0.457. The van der Waals surface area contributed by atoms with Gasteiger partial charge in [0, 0.05) is 31.6 Å². The highest BCUT2D eigenvalue weighted by Gasteiger charge is 2.19. The highest BCUT2D eigenvalue weighted by Crippen LogP contribution is 2.24. The SMILES string of the molecule is CCCN1CCN(c2nc(C(C)O)cs2)CC1. The van der Waals surface area contributed by atoms with Crippen molar-refractivity contribution >= 4 is 16.5 Å². The number of thiazole rings is 1. The summed E-state index contributed by atoms with van der Waals surface area (Å²) in [6.07, 6.45) is 0.769. The lowest BCUT2D eigenvalue weighted by Gasteiger charge is -2.34. The van der Waals surface area contributed by atoms with E-state index in [1.54, 1.807) is 18.3 Å². The molecule has 0 radical (unpaired) electrons.